The van der Waals surface area contributed by atoms with Gasteiger partial charge in [-0.05, 0) is 48.5 Å². The van der Waals surface area contributed by atoms with E-state index in [1.807, 2.05) is 0 Å². The van der Waals surface area contributed by atoms with E-state index in [0.717, 1.165) is 22.9 Å². The first-order valence-corrected chi connectivity index (χ1v) is 7.09. The Morgan fingerprint density at radius 2 is 1.52 bits per heavy atom. The number of aliphatic imine (C=N–C) groups is 1. The van der Waals surface area contributed by atoms with Gasteiger partial charge >= 0.3 is 5.69 Å². The number of benzene rings is 2. The van der Waals surface area contributed by atoms with E-state index >= 15 is 0 Å². The van der Waals surface area contributed by atoms with Crippen LogP contribution in [0.5, 0.6) is 5.88 Å². The Bertz CT molecular complexity index is 1050. The average molecular weight is 343 g/mol. The quantitative estimate of drug-likeness (QED) is 0.715. The molecule has 0 aliphatic rings. The van der Waals surface area contributed by atoms with Gasteiger partial charge in [0.05, 0.1) is 11.4 Å². The van der Waals surface area contributed by atoms with Gasteiger partial charge in [0.1, 0.15) is 17.2 Å². The van der Waals surface area contributed by atoms with E-state index in [-0.39, 0.29) is 11.3 Å². The number of aromatic nitrogens is 2. The molecule has 0 aliphatic carbocycles. The van der Waals surface area contributed by atoms with Crippen LogP contribution in [0.1, 0.15) is 5.56 Å². The fourth-order valence-electron chi connectivity index (χ4n) is 2.15. The largest absolute Gasteiger partial charge is 0.493 e. The zero-order valence-corrected chi connectivity index (χ0v) is 12.6. The molecule has 3 rings (SSSR count). The van der Waals surface area contributed by atoms with E-state index in [2.05, 4.69) is 9.98 Å². The van der Waals surface area contributed by atoms with E-state index in [9.17, 15) is 23.5 Å². The summed E-state index contributed by atoms with van der Waals surface area (Å²) in [5, 5.41) is 10.3. The Hall–Kier alpha value is -3.55. The topological polar surface area (TPSA) is 87.5 Å². The third-order valence-electron chi connectivity index (χ3n) is 3.38. The van der Waals surface area contributed by atoms with Crippen LogP contribution in [0.2, 0.25) is 0 Å². The number of rotatable bonds is 3. The second-order valence-corrected chi connectivity index (χ2v) is 5.04. The molecule has 0 fully saturated rings. The minimum Gasteiger partial charge on any atom is -0.493 e. The fourth-order valence-corrected chi connectivity index (χ4v) is 2.15. The lowest BCUT2D eigenvalue weighted by molar-refractivity contribution is 0.430. The molecule has 0 amide bonds. The number of aromatic amines is 1. The summed E-state index contributed by atoms with van der Waals surface area (Å²) in [6, 6.07) is 9.91. The Kier molecular flexibility index (Phi) is 4.25. The average Bonchev–Trinajstić information content (AvgIpc) is 2.57. The summed E-state index contributed by atoms with van der Waals surface area (Å²) < 4.78 is 26.7. The standard InChI is InChI=1S/C17H11F2N3O3/c18-10-1-5-12(6-2-10)20-9-14-15(23)21-17(25)22(16(14)24)13-7-3-11(19)4-8-13/h1-9,24H,(H,21,23,25). The zero-order chi connectivity index (χ0) is 18.0. The Balaban J connectivity index is 2.10. The normalized spacial score (nSPS) is 11.1. The SMILES string of the molecule is O=c1[nH]c(=O)n(-c2ccc(F)cc2)c(O)c1C=Nc1ccc(F)cc1. The summed E-state index contributed by atoms with van der Waals surface area (Å²) in [5.74, 6) is -1.60. The van der Waals surface area contributed by atoms with Gasteiger partial charge in [-0.2, -0.15) is 0 Å². The zero-order valence-electron chi connectivity index (χ0n) is 12.6. The van der Waals surface area contributed by atoms with Crippen molar-refractivity contribution >= 4 is 11.9 Å². The molecule has 6 nitrogen and oxygen atoms in total. The van der Waals surface area contributed by atoms with Gasteiger partial charge in [-0.25, -0.2) is 18.1 Å². The van der Waals surface area contributed by atoms with Crippen LogP contribution in [-0.2, 0) is 0 Å². The van der Waals surface area contributed by atoms with Gasteiger partial charge in [0.25, 0.3) is 5.56 Å². The minimum atomic E-state index is -0.881. The molecule has 3 aromatic rings. The van der Waals surface area contributed by atoms with Gasteiger partial charge in [0.2, 0.25) is 5.88 Å². The van der Waals surface area contributed by atoms with E-state index in [1.165, 1.54) is 36.4 Å². The van der Waals surface area contributed by atoms with Crippen molar-refractivity contribution in [1.29, 1.82) is 0 Å². The summed E-state index contributed by atoms with van der Waals surface area (Å²) in [7, 11) is 0. The van der Waals surface area contributed by atoms with Gasteiger partial charge < -0.3 is 5.11 Å². The number of aromatic hydroxyl groups is 1. The molecule has 2 aromatic carbocycles. The molecule has 2 N–H and O–H groups in total. The van der Waals surface area contributed by atoms with Crippen LogP contribution in [0.3, 0.4) is 0 Å². The number of hydrogen-bond acceptors (Lipinski definition) is 4. The molecule has 126 valence electrons. The van der Waals surface area contributed by atoms with Gasteiger partial charge in [-0.1, -0.05) is 0 Å². The fraction of sp³-hybridized carbons (Fsp3) is 0. The van der Waals surface area contributed by atoms with E-state index in [4.69, 9.17) is 0 Å². The monoisotopic (exact) mass is 343 g/mol. The molecule has 8 heteroatoms. The molecular formula is C17H11F2N3O3. The van der Waals surface area contributed by atoms with Crippen molar-refractivity contribution in [2.75, 3.05) is 0 Å². The smallest absolute Gasteiger partial charge is 0.335 e. The highest BCUT2D eigenvalue weighted by Crippen LogP contribution is 2.17. The molecule has 0 aliphatic heterocycles. The Labute approximate surface area is 139 Å². The third kappa shape index (κ3) is 3.37. The molecule has 0 atom stereocenters. The van der Waals surface area contributed by atoms with Crippen LogP contribution in [0.15, 0.2) is 63.1 Å². The highest BCUT2D eigenvalue weighted by Gasteiger charge is 2.14. The molecule has 0 saturated carbocycles. The predicted molar refractivity (Wildman–Crippen MR) is 87.9 cm³/mol. The van der Waals surface area contributed by atoms with Crippen LogP contribution < -0.4 is 11.2 Å². The molecule has 0 saturated heterocycles. The number of halogens is 2. The first-order valence-electron chi connectivity index (χ1n) is 7.09. The molecule has 0 bridgehead atoms. The molecule has 0 unspecified atom stereocenters. The molecule has 25 heavy (non-hydrogen) atoms. The van der Waals surface area contributed by atoms with Gasteiger partial charge in [-0.3, -0.25) is 14.8 Å². The third-order valence-corrected chi connectivity index (χ3v) is 3.38. The van der Waals surface area contributed by atoms with Crippen LogP contribution >= 0.6 is 0 Å². The lowest BCUT2D eigenvalue weighted by Gasteiger charge is -2.09. The number of nitrogens with zero attached hydrogens (tertiary/aromatic N) is 2. The van der Waals surface area contributed by atoms with Gasteiger partial charge in [-0.15, -0.1) is 0 Å². The van der Waals surface area contributed by atoms with Crippen molar-refractivity contribution in [3.8, 4) is 11.6 Å². The number of nitrogens with one attached hydrogen (secondary N) is 1. The second kappa shape index (κ2) is 6.52. The number of H-pyrrole nitrogens is 1. The van der Waals surface area contributed by atoms with Crippen molar-refractivity contribution in [3.63, 3.8) is 0 Å². The predicted octanol–water partition coefficient (Wildman–Crippen LogP) is 2.26. The molecule has 0 spiro atoms. The molecular weight excluding hydrogens is 332 g/mol. The van der Waals surface area contributed by atoms with Crippen molar-refractivity contribution in [1.82, 2.24) is 9.55 Å². The summed E-state index contributed by atoms with van der Waals surface area (Å²) in [6.07, 6.45) is 1.06. The van der Waals surface area contributed by atoms with Crippen molar-refractivity contribution < 1.29 is 13.9 Å². The Morgan fingerprint density at radius 1 is 0.960 bits per heavy atom. The highest BCUT2D eigenvalue weighted by atomic mass is 19.1. The van der Waals surface area contributed by atoms with E-state index < -0.39 is 28.8 Å². The maximum Gasteiger partial charge on any atom is 0.335 e. The minimum absolute atomic E-state index is 0.164. The molecule has 1 aromatic heterocycles. The molecule has 1 heterocycles. The van der Waals surface area contributed by atoms with Crippen LogP contribution in [0.4, 0.5) is 14.5 Å². The summed E-state index contributed by atoms with van der Waals surface area (Å²) in [5.41, 5.74) is -1.48. The van der Waals surface area contributed by atoms with Crippen LogP contribution in [0.25, 0.3) is 5.69 Å². The van der Waals surface area contributed by atoms with Gasteiger partial charge in [0, 0.05) is 6.21 Å². The van der Waals surface area contributed by atoms with Crippen molar-refractivity contribution in [2.45, 2.75) is 0 Å². The summed E-state index contributed by atoms with van der Waals surface area (Å²) in [6.45, 7) is 0. The van der Waals surface area contributed by atoms with Crippen LogP contribution in [0, 0.1) is 11.6 Å². The number of hydrogen-bond donors (Lipinski definition) is 2. The van der Waals surface area contributed by atoms with Crippen molar-refractivity contribution in [2.24, 2.45) is 4.99 Å². The van der Waals surface area contributed by atoms with Crippen molar-refractivity contribution in [3.05, 3.63) is 86.6 Å². The highest BCUT2D eigenvalue weighted by molar-refractivity contribution is 5.84. The van der Waals surface area contributed by atoms with Crippen LogP contribution in [-0.4, -0.2) is 20.9 Å². The lowest BCUT2D eigenvalue weighted by Crippen LogP contribution is -2.31. The Morgan fingerprint density at radius 3 is 2.12 bits per heavy atom. The van der Waals surface area contributed by atoms with Gasteiger partial charge in [0.15, 0.2) is 0 Å². The van der Waals surface area contributed by atoms with E-state index in [1.54, 1.807) is 0 Å². The summed E-state index contributed by atoms with van der Waals surface area (Å²) >= 11 is 0. The second-order valence-electron chi connectivity index (χ2n) is 5.04. The lowest BCUT2D eigenvalue weighted by atomic mass is 10.2. The molecule has 0 radical (unpaired) electrons. The summed E-state index contributed by atoms with van der Waals surface area (Å²) in [4.78, 5) is 29.9. The maximum absolute atomic E-state index is 13.0. The first-order chi connectivity index (χ1) is 12.0. The maximum atomic E-state index is 13.0. The first kappa shape index (κ1) is 16.3. The van der Waals surface area contributed by atoms with E-state index in [0.29, 0.717) is 5.69 Å².